The zero-order chi connectivity index (χ0) is 23.8. The van der Waals surface area contributed by atoms with Crippen LogP contribution in [0.3, 0.4) is 0 Å². The molecule has 0 aliphatic rings. The standard InChI is InChI=1S/C24H21F3N2O3S/c1-2-31-20-7-3-5-16(13-20)15-32-21-8-4-6-19(14-21)28-23(33)29-22(30)17-9-11-18(12-10-17)24(25,26)27/h3-14H,2,15H2,1H3,(H2,28,29,30,33). The molecule has 9 heteroatoms. The lowest BCUT2D eigenvalue weighted by Crippen LogP contribution is -2.34. The second-order valence-electron chi connectivity index (χ2n) is 6.88. The number of nitrogens with one attached hydrogen (secondary N) is 2. The largest absolute Gasteiger partial charge is 0.494 e. The number of ether oxygens (including phenoxy) is 2. The first kappa shape index (κ1) is 24.1. The van der Waals surface area contributed by atoms with Gasteiger partial charge in [-0.15, -0.1) is 0 Å². The van der Waals surface area contributed by atoms with Gasteiger partial charge in [-0.05, 0) is 73.2 Å². The minimum absolute atomic E-state index is 0.00136. The Morgan fingerprint density at radius 1 is 0.939 bits per heavy atom. The Morgan fingerprint density at radius 2 is 1.61 bits per heavy atom. The summed E-state index contributed by atoms with van der Waals surface area (Å²) in [5, 5.41) is 5.31. The molecule has 3 aromatic rings. The van der Waals surface area contributed by atoms with Crippen molar-refractivity contribution in [3.63, 3.8) is 0 Å². The lowest BCUT2D eigenvalue weighted by molar-refractivity contribution is -0.137. The number of benzene rings is 3. The van der Waals surface area contributed by atoms with E-state index in [2.05, 4.69) is 10.6 Å². The van der Waals surface area contributed by atoms with Crippen LogP contribution in [0.4, 0.5) is 18.9 Å². The van der Waals surface area contributed by atoms with Crippen molar-refractivity contribution in [2.24, 2.45) is 0 Å². The summed E-state index contributed by atoms with van der Waals surface area (Å²) in [5.41, 5.74) is 0.742. The fourth-order valence-electron chi connectivity index (χ4n) is 2.87. The van der Waals surface area contributed by atoms with Gasteiger partial charge in [-0.25, -0.2) is 0 Å². The van der Waals surface area contributed by atoms with E-state index in [4.69, 9.17) is 21.7 Å². The van der Waals surface area contributed by atoms with Gasteiger partial charge in [0.1, 0.15) is 18.1 Å². The first-order chi connectivity index (χ1) is 15.7. The van der Waals surface area contributed by atoms with Gasteiger partial charge in [0.25, 0.3) is 5.91 Å². The van der Waals surface area contributed by atoms with Gasteiger partial charge in [-0.2, -0.15) is 13.2 Å². The first-order valence-electron chi connectivity index (χ1n) is 9.99. The molecule has 0 unspecified atom stereocenters. The number of hydrogen-bond acceptors (Lipinski definition) is 4. The SMILES string of the molecule is CCOc1cccc(COc2cccc(NC(=S)NC(=O)c3ccc(C(F)(F)F)cc3)c2)c1. The van der Waals surface area contributed by atoms with E-state index in [0.29, 0.717) is 24.7 Å². The summed E-state index contributed by atoms with van der Waals surface area (Å²) >= 11 is 5.14. The van der Waals surface area contributed by atoms with E-state index in [0.717, 1.165) is 35.6 Å². The third-order valence-corrected chi connectivity index (χ3v) is 4.61. The van der Waals surface area contributed by atoms with Crippen LogP contribution in [0.25, 0.3) is 0 Å². The maximum Gasteiger partial charge on any atom is 0.416 e. The molecule has 33 heavy (non-hydrogen) atoms. The summed E-state index contributed by atoms with van der Waals surface area (Å²) in [7, 11) is 0. The Morgan fingerprint density at radius 3 is 2.27 bits per heavy atom. The van der Waals surface area contributed by atoms with E-state index in [-0.39, 0.29) is 10.7 Å². The van der Waals surface area contributed by atoms with Crippen LogP contribution in [0.5, 0.6) is 11.5 Å². The van der Waals surface area contributed by atoms with Crippen molar-refractivity contribution >= 4 is 28.9 Å². The number of halogens is 3. The number of alkyl halides is 3. The van der Waals surface area contributed by atoms with Crippen molar-refractivity contribution in [3.8, 4) is 11.5 Å². The average Bonchev–Trinajstić information content (AvgIpc) is 2.78. The molecule has 0 heterocycles. The van der Waals surface area contributed by atoms with Gasteiger partial charge in [0.15, 0.2) is 5.11 Å². The molecule has 0 aromatic heterocycles. The van der Waals surface area contributed by atoms with Crippen molar-refractivity contribution in [2.45, 2.75) is 19.7 Å². The molecule has 2 N–H and O–H groups in total. The number of carbonyl (C=O) groups excluding carboxylic acids is 1. The molecule has 172 valence electrons. The van der Waals surface area contributed by atoms with E-state index in [9.17, 15) is 18.0 Å². The van der Waals surface area contributed by atoms with Gasteiger partial charge in [-0.1, -0.05) is 18.2 Å². The predicted molar refractivity (Wildman–Crippen MR) is 124 cm³/mol. The highest BCUT2D eigenvalue weighted by atomic mass is 32.1. The lowest BCUT2D eigenvalue weighted by Gasteiger charge is -2.12. The van der Waals surface area contributed by atoms with Gasteiger partial charge in [0, 0.05) is 17.3 Å². The Labute approximate surface area is 194 Å². The Balaban J connectivity index is 1.55. The van der Waals surface area contributed by atoms with Crippen LogP contribution in [0.15, 0.2) is 72.8 Å². The van der Waals surface area contributed by atoms with E-state index in [1.807, 2.05) is 31.2 Å². The van der Waals surface area contributed by atoms with Crippen LogP contribution in [0.2, 0.25) is 0 Å². The topological polar surface area (TPSA) is 59.6 Å². The van der Waals surface area contributed by atoms with Crippen molar-refractivity contribution in [3.05, 3.63) is 89.5 Å². The van der Waals surface area contributed by atoms with Crippen LogP contribution in [-0.4, -0.2) is 17.6 Å². The fraction of sp³-hybridized carbons (Fsp3) is 0.167. The number of rotatable bonds is 7. The number of hydrogen-bond donors (Lipinski definition) is 2. The zero-order valence-corrected chi connectivity index (χ0v) is 18.4. The maximum absolute atomic E-state index is 12.7. The quantitative estimate of drug-likeness (QED) is 0.423. The Kier molecular flexibility index (Phi) is 7.89. The smallest absolute Gasteiger partial charge is 0.416 e. The van der Waals surface area contributed by atoms with Crippen molar-refractivity contribution in [1.29, 1.82) is 0 Å². The number of amides is 1. The number of anilines is 1. The first-order valence-corrected chi connectivity index (χ1v) is 10.4. The molecule has 5 nitrogen and oxygen atoms in total. The van der Waals surface area contributed by atoms with Crippen LogP contribution in [-0.2, 0) is 12.8 Å². The van der Waals surface area contributed by atoms with E-state index < -0.39 is 17.6 Å². The summed E-state index contributed by atoms with van der Waals surface area (Å²) < 4.78 is 49.3. The monoisotopic (exact) mass is 474 g/mol. The maximum atomic E-state index is 12.7. The molecule has 0 aliphatic heterocycles. The van der Waals surface area contributed by atoms with Crippen molar-refractivity contribution in [1.82, 2.24) is 5.32 Å². The highest BCUT2D eigenvalue weighted by molar-refractivity contribution is 7.80. The summed E-state index contributed by atoms with van der Waals surface area (Å²) in [6.07, 6.45) is -4.47. The summed E-state index contributed by atoms with van der Waals surface area (Å²) in [5.74, 6) is 0.727. The zero-order valence-electron chi connectivity index (χ0n) is 17.6. The average molecular weight is 475 g/mol. The number of carbonyl (C=O) groups is 1. The van der Waals surface area contributed by atoms with Gasteiger partial charge >= 0.3 is 6.18 Å². The lowest BCUT2D eigenvalue weighted by atomic mass is 10.1. The predicted octanol–water partition coefficient (Wildman–Crippen LogP) is 5.81. The van der Waals surface area contributed by atoms with Crippen LogP contribution >= 0.6 is 12.2 Å². The van der Waals surface area contributed by atoms with E-state index in [1.165, 1.54) is 0 Å². The molecule has 3 aromatic carbocycles. The summed E-state index contributed by atoms with van der Waals surface area (Å²) in [6.45, 7) is 2.82. The fourth-order valence-corrected chi connectivity index (χ4v) is 3.08. The van der Waals surface area contributed by atoms with Gasteiger partial charge < -0.3 is 14.8 Å². The van der Waals surface area contributed by atoms with E-state index in [1.54, 1.807) is 24.3 Å². The molecular weight excluding hydrogens is 453 g/mol. The highest BCUT2D eigenvalue weighted by Gasteiger charge is 2.30. The highest BCUT2D eigenvalue weighted by Crippen LogP contribution is 2.29. The minimum atomic E-state index is -4.47. The molecule has 3 rings (SSSR count). The normalized spacial score (nSPS) is 10.9. The molecule has 0 aliphatic carbocycles. The Hall–Kier alpha value is -3.59. The third kappa shape index (κ3) is 7.21. The summed E-state index contributed by atoms with van der Waals surface area (Å²) in [6, 6.07) is 18.4. The molecule has 0 spiro atoms. The molecule has 0 fully saturated rings. The van der Waals surface area contributed by atoms with Crippen LogP contribution < -0.4 is 20.1 Å². The van der Waals surface area contributed by atoms with E-state index >= 15 is 0 Å². The van der Waals surface area contributed by atoms with Crippen LogP contribution in [0.1, 0.15) is 28.4 Å². The van der Waals surface area contributed by atoms with Gasteiger partial charge in [-0.3, -0.25) is 10.1 Å². The van der Waals surface area contributed by atoms with Crippen molar-refractivity contribution < 1.29 is 27.4 Å². The third-order valence-electron chi connectivity index (χ3n) is 4.41. The molecule has 0 atom stereocenters. The Bertz CT molecular complexity index is 1120. The molecule has 1 amide bonds. The molecule has 0 radical (unpaired) electrons. The second kappa shape index (κ2) is 10.8. The molecular formula is C24H21F3N2O3S. The van der Waals surface area contributed by atoms with Crippen molar-refractivity contribution in [2.75, 3.05) is 11.9 Å². The van der Waals surface area contributed by atoms with Gasteiger partial charge in [0.2, 0.25) is 0 Å². The van der Waals surface area contributed by atoms with Crippen LogP contribution in [0, 0.1) is 0 Å². The molecule has 0 saturated heterocycles. The minimum Gasteiger partial charge on any atom is -0.494 e. The summed E-state index contributed by atoms with van der Waals surface area (Å²) in [4.78, 5) is 12.3. The number of thiocarbonyl (C=S) groups is 1. The second-order valence-corrected chi connectivity index (χ2v) is 7.29. The molecule has 0 bridgehead atoms. The molecule has 0 saturated carbocycles. The van der Waals surface area contributed by atoms with Gasteiger partial charge in [0.05, 0.1) is 12.2 Å².